The smallest absolute Gasteiger partial charge is 0.251 e. The zero-order valence-electron chi connectivity index (χ0n) is 11.7. The molecule has 0 spiro atoms. The predicted octanol–water partition coefficient (Wildman–Crippen LogP) is 1.37. The summed E-state index contributed by atoms with van der Waals surface area (Å²) in [6.07, 6.45) is 3.58. The average molecular weight is 273 g/mol. The van der Waals surface area contributed by atoms with Gasteiger partial charge in [-0.2, -0.15) is 5.10 Å². The number of carbonyl (C=O) groups is 1. The zero-order chi connectivity index (χ0) is 14.5. The maximum atomic E-state index is 12.0. The third kappa shape index (κ3) is 3.57. The Morgan fingerprint density at radius 2 is 2.20 bits per heavy atom. The molecule has 0 aliphatic carbocycles. The highest BCUT2D eigenvalue weighted by molar-refractivity contribution is 5.94. The standard InChI is InChI=1S/C14H19N5O/c1-9-6-12(7-13(15)18-9)14(20)16-5-3-4-11-8-17-19-10(11)2/h6-8H,3-5H2,1-2H3,(H2,15,18)(H,16,20)(H,17,19). The van der Waals surface area contributed by atoms with Gasteiger partial charge in [0.15, 0.2) is 0 Å². The molecule has 0 saturated heterocycles. The van der Waals surface area contributed by atoms with Gasteiger partial charge in [-0.15, -0.1) is 0 Å². The maximum absolute atomic E-state index is 12.0. The van der Waals surface area contributed by atoms with E-state index in [1.807, 2.05) is 20.0 Å². The molecule has 20 heavy (non-hydrogen) atoms. The zero-order valence-corrected chi connectivity index (χ0v) is 11.7. The first-order valence-electron chi connectivity index (χ1n) is 6.57. The molecule has 0 bridgehead atoms. The monoisotopic (exact) mass is 273 g/mol. The number of aromatic amines is 1. The van der Waals surface area contributed by atoms with Crippen LogP contribution in [0, 0.1) is 13.8 Å². The molecule has 2 heterocycles. The van der Waals surface area contributed by atoms with Crippen molar-refractivity contribution < 1.29 is 4.79 Å². The molecular formula is C14H19N5O. The minimum absolute atomic E-state index is 0.119. The third-order valence-electron chi connectivity index (χ3n) is 3.08. The van der Waals surface area contributed by atoms with Crippen molar-refractivity contribution >= 4 is 11.7 Å². The SMILES string of the molecule is Cc1cc(C(=O)NCCCc2cn[nH]c2C)cc(N)n1. The molecule has 0 fully saturated rings. The van der Waals surface area contributed by atoms with E-state index >= 15 is 0 Å². The van der Waals surface area contributed by atoms with Crippen molar-refractivity contribution in [3.63, 3.8) is 0 Å². The number of rotatable bonds is 5. The highest BCUT2D eigenvalue weighted by atomic mass is 16.1. The number of aryl methyl sites for hydroxylation is 3. The summed E-state index contributed by atoms with van der Waals surface area (Å²) in [4.78, 5) is 16.0. The second-order valence-corrected chi connectivity index (χ2v) is 4.80. The van der Waals surface area contributed by atoms with E-state index in [9.17, 15) is 4.79 Å². The summed E-state index contributed by atoms with van der Waals surface area (Å²) in [5.74, 6) is 0.246. The summed E-state index contributed by atoms with van der Waals surface area (Å²) in [5, 5.41) is 9.75. The number of pyridine rings is 1. The highest BCUT2D eigenvalue weighted by Gasteiger charge is 2.07. The van der Waals surface area contributed by atoms with Crippen molar-refractivity contribution in [2.45, 2.75) is 26.7 Å². The van der Waals surface area contributed by atoms with Crippen molar-refractivity contribution in [1.82, 2.24) is 20.5 Å². The molecule has 0 atom stereocenters. The number of nitrogens with zero attached hydrogens (tertiary/aromatic N) is 2. The first kappa shape index (κ1) is 14.0. The third-order valence-corrected chi connectivity index (χ3v) is 3.08. The largest absolute Gasteiger partial charge is 0.384 e. The van der Waals surface area contributed by atoms with E-state index in [4.69, 9.17) is 5.73 Å². The second kappa shape index (κ2) is 6.18. The fourth-order valence-electron chi connectivity index (χ4n) is 2.04. The topological polar surface area (TPSA) is 96.7 Å². The van der Waals surface area contributed by atoms with Crippen LogP contribution in [0.15, 0.2) is 18.3 Å². The fraction of sp³-hybridized carbons (Fsp3) is 0.357. The molecule has 0 aliphatic heterocycles. The summed E-state index contributed by atoms with van der Waals surface area (Å²) >= 11 is 0. The van der Waals surface area contributed by atoms with Crippen molar-refractivity contribution in [2.75, 3.05) is 12.3 Å². The van der Waals surface area contributed by atoms with Crippen molar-refractivity contribution in [3.05, 3.63) is 40.8 Å². The summed E-state index contributed by atoms with van der Waals surface area (Å²) in [5.41, 5.74) is 9.18. The first-order valence-corrected chi connectivity index (χ1v) is 6.57. The highest BCUT2D eigenvalue weighted by Crippen LogP contribution is 2.08. The number of hydrogen-bond donors (Lipinski definition) is 3. The van der Waals surface area contributed by atoms with Crippen LogP contribution in [0.5, 0.6) is 0 Å². The van der Waals surface area contributed by atoms with Crippen LogP contribution in [0.2, 0.25) is 0 Å². The van der Waals surface area contributed by atoms with Gasteiger partial charge in [-0.05, 0) is 44.4 Å². The first-order chi connectivity index (χ1) is 9.56. The Labute approximate surface area is 117 Å². The number of aromatic nitrogens is 3. The van der Waals surface area contributed by atoms with Crippen molar-refractivity contribution in [2.24, 2.45) is 0 Å². The molecule has 6 heteroatoms. The number of amides is 1. The second-order valence-electron chi connectivity index (χ2n) is 4.80. The molecule has 2 aromatic rings. The number of anilines is 1. The average Bonchev–Trinajstić information content (AvgIpc) is 2.79. The van der Waals surface area contributed by atoms with Crippen LogP contribution in [-0.2, 0) is 6.42 Å². The van der Waals surface area contributed by atoms with E-state index in [0.717, 1.165) is 24.2 Å². The number of hydrogen-bond acceptors (Lipinski definition) is 4. The van der Waals surface area contributed by atoms with Crippen LogP contribution in [0.3, 0.4) is 0 Å². The molecule has 0 aromatic carbocycles. The van der Waals surface area contributed by atoms with Crippen LogP contribution < -0.4 is 11.1 Å². The van der Waals surface area contributed by atoms with E-state index in [1.165, 1.54) is 5.56 Å². The molecule has 106 valence electrons. The van der Waals surface area contributed by atoms with E-state index < -0.39 is 0 Å². The summed E-state index contributed by atoms with van der Waals surface area (Å²) in [6.45, 7) is 4.42. The van der Waals surface area contributed by atoms with Crippen molar-refractivity contribution in [1.29, 1.82) is 0 Å². The lowest BCUT2D eigenvalue weighted by Crippen LogP contribution is -2.25. The van der Waals surface area contributed by atoms with Crippen LogP contribution in [-0.4, -0.2) is 27.6 Å². The Hall–Kier alpha value is -2.37. The van der Waals surface area contributed by atoms with Gasteiger partial charge in [0, 0.05) is 23.5 Å². The Bertz CT molecular complexity index is 585. The molecule has 0 radical (unpaired) electrons. The van der Waals surface area contributed by atoms with E-state index in [1.54, 1.807) is 12.1 Å². The summed E-state index contributed by atoms with van der Waals surface area (Å²) in [7, 11) is 0. The van der Waals surface area contributed by atoms with E-state index in [-0.39, 0.29) is 5.91 Å². The number of carbonyl (C=O) groups excluding carboxylic acids is 1. The molecule has 0 unspecified atom stereocenters. The Balaban J connectivity index is 1.82. The van der Waals surface area contributed by atoms with Gasteiger partial charge in [-0.1, -0.05) is 0 Å². The van der Waals surface area contributed by atoms with Gasteiger partial charge >= 0.3 is 0 Å². The Morgan fingerprint density at radius 1 is 1.40 bits per heavy atom. The number of nitrogens with one attached hydrogen (secondary N) is 2. The summed E-state index contributed by atoms with van der Waals surface area (Å²) < 4.78 is 0. The van der Waals surface area contributed by atoms with Gasteiger partial charge < -0.3 is 11.1 Å². The van der Waals surface area contributed by atoms with Gasteiger partial charge in [0.2, 0.25) is 0 Å². The number of nitrogens with two attached hydrogens (primary N) is 1. The normalized spacial score (nSPS) is 10.5. The molecule has 1 amide bonds. The van der Waals surface area contributed by atoms with Crippen LogP contribution in [0.4, 0.5) is 5.82 Å². The maximum Gasteiger partial charge on any atom is 0.251 e. The summed E-state index contributed by atoms with van der Waals surface area (Å²) in [6, 6.07) is 3.31. The lowest BCUT2D eigenvalue weighted by molar-refractivity contribution is 0.0953. The molecule has 6 nitrogen and oxygen atoms in total. The van der Waals surface area contributed by atoms with Crippen LogP contribution in [0.1, 0.15) is 33.7 Å². The minimum atomic E-state index is -0.119. The van der Waals surface area contributed by atoms with E-state index in [0.29, 0.717) is 17.9 Å². The minimum Gasteiger partial charge on any atom is -0.384 e. The Morgan fingerprint density at radius 3 is 2.85 bits per heavy atom. The molecule has 0 aliphatic rings. The molecular weight excluding hydrogens is 254 g/mol. The van der Waals surface area contributed by atoms with Crippen LogP contribution in [0.25, 0.3) is 0 Å². The van der Waals surface area contributed by atoms with Gasteiger partial charge in [0.25, 0.3) is 5.91 Å². The lowest BCUT2D eigenvalue weighted by Gasteiger charge is -2.06. The van der Waals surface area contributed by atoms with Gasteiger partial charge in [-0.25, -0.2) is 4.98 Å². The molecule has 2 aromatic heterocycles. The van der Waals surface area contributed by atoms with Gasteiger partial charge in [0.05, 0.1) is 6.20 Å². The number of nitrogen functional groups attached to an aromatic ring is 1. The fourth-order valence-corrected chi connectivity index (χ4v) is 2.04. The van der Waals surface area contributed by atoms with E-state index in [2.05, 4.69) is 20.5 Å². The lowest BCUT2D eigenvalue weighted by atomic mass is 10.1. The van der Waals surface area contributed by atoms with Crippen LogP contribution >= 0.6 is 0 Å². The van der Waals surface area contributed by atoms with Crippen molar-refractivity contribution in [3.8, 4) is 0 Å². The van der Waals surface area contributed by atoms with Gasteiger partial charge in [0.1, 0.15) is 5.82 Å². The molecule has 0 saturated carbocycles. The predicted molar refractivity (Wildman–Crippen MR) is 77.4 cm³/mol. The molecule has 2 rings (SSSR count). The molecule has 4 N–H and O–H groups in total. The quantitative estimate of drug-likeness (QED) is 0.717. The van der Waals surface area contributed by atoms with Gasteiger partial charge in [-0.3, -0.25) is 9.89 Å². The Kier molecular flexibility index (Phi) is 4.34. The number of H-pyrrole nitrogens is 1.